The number of rotatable bonds is 9. The molecule has 0 saturated carbocycles. The molecule has 1 aliphatic rings. The van der Waals surface area contributed by atoms with Crippen LogP contribution in [0.3, 0.4) is 0 Å². The van der Waals surface area contributed by atoms with Crippen LogP contribution in [0, 0.1) is 10.2 Å². The predicted molar refractivity (Wildman–Crippen MR) is 73.4 cm³/mol. The Morgan fingerprint density at radius 3 is 2.58 bits per heavy atom. The number of aliphatic hydroxyl groups excluding tert-OH is 1. The van der Waals surface area contributed by atoms with Gasteiger partial charge < -0.3 is 20.4 Å². The molecule has 6 nitrogen and oxygen atoms in total. The first kappa shape index (κ1) is 16.6. The van der Waals surface area contributed by atoms with E-state index in [2.05, 4.69) is 6.92 Å². The molecule has 19 heavy (non-hydrogen) atoms. The highest BCUT2D eigenvalue weighted by atomic mass is 32.2. The number of hydrogen-bond acceptors (Lipinski definition) is 6. The maximum absolute atomic E-state index is 12.0. The lowest BCUT2D eigenvalue weighted by Gasteiger charge is -2.38. The second kappa shape index (κ2) is 6.30. The van der Waals surface area contributed by atoms with Crippen LogP contribution in [0.25, 0.3) is 0 Å². The van der Waals surface area contributed by atoms with Crippen LogP contribution in [0.2, 0.25) is 0 Å². The minimum atomic E-state index is -2.73. The Kier molecular flexibility index (Phi) is 5.49. The third-order valence-corrected chi connectivity index (χ3v) is 5.39. The Morgan fingerprint density at radius 1 is 1.53 bits per heavy atom. The van der Waals surface area contributed by atoms with Gasteiger partial charge in [0, 0.05) is 26.6 Å². The van der Waals surface area contributed by atoms with Crippen LogP contribution in [-0.2, 0) is 19.3 Å². The summed E-state index contributed by atoms with van der Waals surface area (Å²) in [5, 5.41) is 8.98. The first-order valence-electron chi connectivity index (χ1n) is 6.42. The van der Waals surface area contributed by atoms with Crippen LogP contribution in [0.15, 0.2) is 0 Å². The molecule has 4 N–H and O–H groups in total. The molecule has 0 radical (unpaired) electrons. The van der Waals surface area contributed by atoms with E-state index in [4.69, 9.17) is 20.4 Å². The molecule has 2 atom stereocenters. The van der Waals surface area contributed by atoms with Crippen molar-refractivity contribution in [3.8, 4) is 0 Å². The molecule has 1 saturated heterocycles. The largest absolute Gasteiger partial charge is 0.394 e. The molecule has 7 heteroatoms. The van der Waals surface area contributed by atoms with Gasteiger partial charge in [-0.15, -0.1) is 0 Å². The van der Waals surface area contributed by atoms with E-state index in [0.717, 1.165) is 19.6 Å². The Labute approximate surface area is 114 Å². The lowest BCUT2D eigenvalue weighted by atomic mass is 9.84. The topological polar surface area (TPSA) is 113 Å². The summed E-state index contributed by atoms with van der Waals surface area (Å²) in [5.74, 6) is 0.360. The van der Waals surface area contributed by atoms with E-state index in [0.29, 0.717) is 18.5 Å². The van der Waals surface area contributed by atoms with Gasteiger partial charge in [0.2, 0.25) is 0 Å². The second-order valence-corrected chi connectivity index (χ2v) is 8.33. The molecule has 0 spiro atoms. The van der Waals surface area contributed by atoms with Crippen molar-refractivity contribution in [2.45, 2.75) is 31.7 Å². The fourth-order valence-electron chi connectivity index (χ4n) is 1.96. The molecule has 0 aromatic rings. The Morgan fingerprint density at radius 2 is 2.16 bits per heavy atom. The zero-order valence-electron chi connectivity index (χ0n) is 11.4. The number of aldehydes is 1. The summed E-state index contributed by atoms with van der Waals surface area (Å²) < 4.78 is 25.0. The third-order valence-electron chi connectivity index (χ3n) is 3.58. The Hall–Kier alpha value is -0.500. The average molecular weight is 292 g/mol. The molecule has 1 rings (SSSR count). The van der Waals surface area contributed by atoms with Crippen molar-refractivity contribution in [2.75, 3.05) is 31.3 Å². The molecule has 1 heterocycles. The number of carbonyl (C=O) groups excluding carboxylic acids is 1. The first-order chi connectivity index (χ1) is 8.74. The molecule has 0 aromatic heterocycles. The summed E-state index contributed by atoms with van der Waals surface area (Å²) >= 11 is 0. The van der Waals surface area contributed by atoms with Crippen molar-refractivity contribution in [2.24, 2.45) is 11.1 Å². The molecule has 0 aliphatic carbocycles. The minimum absolute atomic E-state index is 0.0516. The van der Waals surface area contributed by atoms with Gasteiger partial charge in [-0.25, -0.2) is 4.21 Å². The zero-order chi connectivity index (χ0) is 14.6. The quantitative estimate of drug-likeness (QED) is 0.523. The normalized spacial score (nSPS) is 23.9. The van der Waals surface area contributed by atoms with Gasteiger partial charge in [0.05, 0.1) is 25.4 Å². The highest BCUT2D eigenvalue weighted by Gasteiger charge is 2.33. The van der Waals surface area contributed by atoms with Crippen molar-refractivity contribution >= 4 is 16.0 Å². The average Bonchev–Trinajstić information content (AvgIpc) is 2.34. The number of carbonyl (C=O) groups is 1. The lowest BCUT2D eigenvalue weighted by molar-refractivity contribution is -0.113. The number of ether oxygens (including phenoxy) is 1. The van der Waals surface area contributed by atoms with Gasteiger partial charge >= 0.3 is 0 Å². The molecule has 112 valence electrons. The van der Waals surface area contributed by atoms with E-state index in [1.54, 1.807) is 0 Å². The van der Waals surface area contributed by atoms with Crippen LogP contribution in [0.5, 0.6) is 0 Å². The maximum atomic E-state index is 12.0. The Balaban J connectivity index is 2.33. The summed E-state index contributed by atoms with van der Waals surface area (Å²) in [6.07, 6.45) is 2.15. The molecule has 0 amide bonds. The number of nitrogens with one attached hydrogen (secondary N) is 1. The summed E-state index contributed by atoms with van der Waals surface area (Å²) in [4.78, 5) is 10.7. The molecule has 0 bridgehead atoms. The summed E-state index contributed by atoms with van der Waals surface area (Å²) in [6, 6.07) is 0. The van der Waals surface area contributed by atoms with Crippen molar-refractivity contribution in [3.63, 3.8) is 0 Å². The van der Waals surface area contributed by atoms with Crippen LogP contribution in [-0.4, -0.2) is 52.5 Å². The van der Waals surface area contributed by atoms with Gasteiger partial charge in [0.25, 0.3) is 0 Å². The standard InChI is InChI=1S/C12H24N2O4S/c1-11(9-18-10-11)3-2-5-19(14,17)6-4-12(13,7-15)8-16/h7,14,16H,2-6,8-10,13H2,1H3. The van der Waals surface area contributed by atoms with E-state index >= 15 is 0 Å². The molecular weight excluding hydrogens is 268 g/mol. The molecule has 1 fully saturated rings. The Bertz CT molecular complexity index is 406. The summed E-state index contributed by atoms with van der Waals surface area (Å²) in [7, 11) is -2.73. The molecule has 0 aromatic carbocycles. The van der Waals surface area contributed by atoms with E-state index in [1.807, 2.05) is 0 Å². The van der Waals surface area contributed by atoms with Crippen LogP contribution in [0.4, 0.5) is 0 Å². The SMILES string of the molecule is CC1(CCCS(=N)(=O)CCC(N)(C=O)CO)COC1. The van der Waals surface area contributed by atoms with Crippen LogP contribution in [0.1, 0.15) is 26.2 Å². The zero-order valence-corrected chi connectivity index (χ0v) is 12.2. The third kappa shape index (κ3) is 5.18. The fraction of sp³-hybridized carbons (Fsp3) is 0.917. The predicted octanol–water partition coefficient (Wildman–Crippen LogP) is 0.129. The molecule has 2 unspecified atom stereocenters. The van der Waals surface area contributed by atoms with Gasteiger partial charge in [-0.2, -0.15) is 0 Å². The summed E-state index contributed by atoms with van der Waals surface area (Å²) in [6.45, 7) is 3.09. The first-order valence-corrected chi connectivity index (χ1v) is 8.32. The van der Waals surface area contributed by atoms with Gasteiger partial charge in [-0.05, 0) is 19.3 Å². The van der Waals surface area contributed by atoms with E-state index in [-0.39, 0.29) is 17.6 Å². The number of aliphatic hydroxyl groups is 1. The van der Waals surface area contributed by atoms with Crippen molar-refractivity contribution in [1.29, 1.82) is 4.78 Å². The van der Waals surface area contributed by atoms with E-state index < -0.39 is 21.9 Å². The summed E-state index contributed by atoms with van der Waals surface area (Å²) in [5.41, 5.74) is 4.39. The maximum Gasteiger partial charge on any atom is 0.142 e. The van der Waals surface area contributed by atoms with Gasteiger partial charge in [-0.1, -0.05) is 6.92 Å². The van der Waals surface area contributed by atoms with Crippen LogP contribution >= 0.6 is 0 Å². The van der Waals surface area contributed by atoms with Crippen molar-refractivity contribution < 1.29 is 18.8 Å². The highest BCUT2D eigenvalue weighted by molar-refractivity contribution is 7.92. The lowest BCUT2D eigenvalue weighted by Crippen LogP contribution is -2.46. The smallest absolute Gasteiger partial charge is 0.142 e. The highest BCUT2D eigenvalue weighted by Crippen LogP contribution is 2.31. The molecular formula is C12H24N2O4S. The fourth-order valence-corrected chi connectivity index (χ4v) is 3.48. The van der Waals surface area contributed by atoms with Crippen LogP contribution < -0.4 is 5.73 Å². The van der Waals surface area contributed by atoms with Crippen molar-refractivity contribution in [3.05, 3.63) is 0 Å². The van der Waals surface area contributed by atoms with Crippen molar-refractivity contribution in [1.82, 2.24) is 0 Å². The van der Waals surface area contributed by atoms with E-state index in [1.165, 1.54) is 0 Å². The van der Waals surface area contributed by atoms with Gasteiger partial charge in [0.15, 0.2) is 0 Å². The monoisotopic (exact) mass is 292 g/mol. The van der Waals surface area contributed by atoms with Gasteiger partial charge in [0.1, 0.15) is 6.29 Å². The number of nitrogens with two attached hydrogens (primary N) is 1. The minimum Gasteiger partial charge on any atom is -0.394 e. The van der Waals surface area contributed by atoms with Gasteiger partial charge in [-0.3, -0.25) is 4.78 Å². The number of hydrogen-bond donors (Lipinski definition) is 3. The second-order valence-electron chi connectivity index (χ2n) is 5.89. The van der Waals surface area contributed by atoms with E-state index in [9.17, 15) is 9.00 Å². The molecule has 1 aliphatic heterocycles.